The molecule has 0 spiro atoms. The topological polar surface area (TPSA) is 18.5 Å². The quantitative estimate of drug-likeness (QED) is 0.914. The average molecular weight is 279 g/mol. The van der Waals surface area contributed by atoms with Crippen LogP contribution in [0.25, 0.3) is 0 Å². The van der Waals surface area contributed by atoms with E-state index in [4.69, 9.17) is 0 Å². The highest BCUT2D eigenvalue weighted by Gasteiger charge is 2.25. The maximum absolute atomic E-state index is 14.3. The summed E-state index contributed by atoms with van der Waals surface area (Å²) < 4.78 is 14.3. The highest BCUT2D eigenvalue weighted by Crippen LogP contribution is 2.31. The van der Waals surface area contributed by atoms with Gasteiger partial charge in [-0.25, -0.2) is 4.39 Å². The van der Waals surface area contributed by atoms with E-state index in [1.54, 1.807) is 12.1 Å². The summed E-state index contributed by atoms with van der Waals surface area (Å²) in [5.74, 6) is -0.104. The minimum atomic E-state index is -0.104. The van der Waals surface area contributed by atoms with E-state index in [9.17, 15) is 4.39 Å². The molecule has 4 heteroatoms. The molecule has 1 aliphatic heterocycles. The Kier molecular flexibility index (Phi) is 5.00. The van der Waals surface area contributed by atoms with E-state index < -0.39 is 0 Å². The Balaban J connectivity index is 2.21. The molecule has 1 aromatic carbocycles. The van der Waals surface area contributed by atoms with E-state index in [2.05, 4.69) is 36.1 Å². The predicted octanol–water partition coefficient (Wildman–Crippen LogP) is 2.64. The molecule has 1 atom stereocenters. The van der Waals surface area contributed by atoms with Gasteiger partial charge in [-0.15, -0.1) is 0 Å². The molecule has 1 fully saturated rings. The summed E-state index contributed by atoms with van der Waals surface area (Å²) in [6.07, 6.45) is 2.18. The first-order valence-electron chi connectivity index (χ1n) is 7.41. The molecule has 0 amide bonds. The fourth-order valence-corrected chi connectivity index (χ4v) is 2.98. The van der Waals surface area contributed by atoms with Gasteiger partial charge in [-0.2, -0.15) is 0 Å². The summed E-state index contributed by atoms with van der Waals surface area (Å²) in [5, 5.41) is 3.21. The van der Waals surface area contributed by atoms with Crippen LogP contribution in [0.3, 0.4) is 0 Å². The first-order chi connectivity index (χ1) is 9.54. The maximum atomic E-state index is 14.3. The molecular formula is C16H26FN3. The molecule has 20 heavy (non-hydrogen) atoms. The zero-order valence-electron chi connectivity index (χ0n) is 13.0. The minimum Gasteiger partial charge on any atom is -0.369 e. The van der Waals surface area contributed by atoms with Crippen molar-refractivity contribution in [1.82, 2.24) is 10.2 Å². The standard InChI is InChI=1S/C16H26FN3/c1-12(18-2)14-6-5-7-15(17)16(14)20-10-8-13(9-11-20)19(3)4/h5-7,12-13,18H,8-11H2,1-4H3. The molecule has 0 aromatic heterocycles. The smallest absolute Gasteiger partial charge is 0.146 e. The molecule has 1 saturated heterocycles. The van der Waals surface area contributed by atoms with Crippen LogP contribution in [0.15, 0.2) is 18.2 Å². The van der Waals surface area contributed by atoms with Crippen LogP contribution < -0.4 is 10.2 Å². The summed E-state index contributed by atoms with van der Waals surface area (Å²) in [4.78, 5) is 4.48. The number of hydrogen-bond acceptors (Lipinski definition) is 3. The van der Waals surface area contributed by atoms with Crippen molar-refractivity contribution in [3.63, 3.8) is 0 Å². The van der Waals surface area contributed by atoms with Crippen molar-refractivity contribution in [2.75, 3.05) is 39.1 Å². The summed E-state index contributed by atoms with van der Waals surface area (Å²) in [5.41, 5.74) is 1.84. The number of anilines is 1. The third kappa shape index (κ3) is 3.13. The molecule has 0 aliphatic carbocycles. The molecule has 2 rings (SSSR count). The van der Waals surface area contributed by atoms with Gasteiger partial charge in [0.05, 0.1) is 5.69 Å². The van der Waals surface area contributed by atoms with Crippen LogP contribution in [0.2, 0.25) is 0 Å². The van der Waals surface area contributed by atoms with E-state index in [1.165, 1.54) is 0 Å². The van der Waals surface area contributed by atoms with E-state index in [-0.39, 0.29) is 11.9 Å². The normalized spacial score (nSPS) is 18.6. The maximum Gasteiger partial charge on any atom is 0.146 e. The highest BCUT2D eigenvalue weighted by molar-refractivity contribution is 5.56. The predicted molar refractivity (Wildman–Crippen MR) is 82.8 cm³/mol. The van der Waals surface area contributed by atoms with Gasteiger partial charge in [0.2, 0.25) is 0 Å². The fraction of sp³-hybridized carbons (Fsp3) is 0.625. The second kappa shape index (κ2) is 6.55. The van der Waals surface area contributed by atoms with Gasteiger partial charge in [0.1, 0.15) is 5.82 Å². The summed E-state index contributed by atoms with van der Waals surface area (Å²) in [6, 6.07) is 6.17. The SMILES string of the molecule is CNC(C)c1cccc(F)c1N1CCC(N(C)C)CC1. The van der Waals surface area contributed by atoms with Gasteiger partial charge < -0.3 is 15.1 Å². The number of rotatable bonds is 4. The molecule has 112 valence electrons. The van der Waals surface area contributed by atoms with Gasteiger partial charge in [-0.1, -0.05) is 12.1 Å². The third-order valence-electron chi connectivity index (χ3n) is 4.43. The van der Waals surface area contributed by atoms with Crippen LogP contribution in [0, 0.1) is 5.82 Å². The molecule has 1 heterocycles. The lowest BCUT2D eigenvalue weighted by Gasteiger charge is -2.38. The first kappa shape index (κ1) is 15.3. The third-order valence-corrected chi connectivity index (χ3v) is 4.43. The van der Waals surface area contributed by atoms with Crippen LogP contribution in [0.5, 0.6) is 0 Å². The Labute approximate surface area is 121 Å². The number of nitrogens with one attached hydrogen (secondary N) is 1. The summed E-state index contributed by atoms with van der Waals surface area (Å²) >= 11 is 0. The monoisotopic (exact) mass is 279 g/mol. The number of halogens is 1. The van der Waals surface area contributed by atoms with Gasteiger partial charge in [0.15, 0.2) is 0 Å². The minimum absolute atomic E-state index is 0.104. The molecule has 1 unspecified atom stereocenters. The van der Waals surface area contributed by atoms with Gasteiger partial charge in [0, 0.05) is 25.2 Å². The number of para-hydroxylation sites is 1. The lowest BCUT2D eigenvalue weighted by molar-refractivity contribution is 0.249. The molecule has 0 radical (unpaired) electrons. The molecule has 1 aliphatic rings. The lowest BCUT2D eigenvalue weighted by atomic mass is 9.99. The molecular weight excluding hydrogens is 253 g/mol. The van der Waals surface area contributed by atoms with E-state index >= 15 is 0 Å². The van der Waals surface area contributed by atoms with Gasteiger partial charge in [-0.3, -0.25) is 0 Å². The van der Waals surface area contributed by atoms with Crippen molar-refractivity contribution in [3.05, 3.63) is 29.6 Å². The van der Waals surface area contributed by atoms with Gasteiger partial charge in [0.25, 0.3) is 0 Å². The average Bonchev–Trinajstić information content (AvgIpc) is 2.46. The Morgan fingerprint density at radius 1 is 1.30 bits per heavy atom. The summed E-state index contributed by atoms with van der Waals surface area (Å²) in [7, 11) is 6.16. The van der Waals surface area contributed by atoms with Crippen molar-refractivity contribution < 1.29 is 4.39 Å². The van der Waals surface area contributed by atoms with Crippen LogP contribution in [0.1, 0.15) is 31.4 Å². The molecule has 0 saturated carbocycles. The highest BCUT2D eigenvalue weighted by atomic mass is 19.1. The molecule has 0 bridgehead atoms. The van der Waals surface area contributed by atoms with Crippen LogP contribution in [-0.4, -0.2) is 45.2 Å². The van der Waals surface area contributed by atoms with Gasteiger partial charge in [-0.05, 0) is 52.5 Å². The van der Waals surface area contributed by atoms with Crippen LogP contribution >= 0.6 is 0 Å². The first-order valence-corrected chi connectivity index (χ1v) is 7.41. The number of hydrogen-bond donors (Lipinski definition) is 1. The van der Waals surface area contributed by atoms with Gasteiger partial charge >= 0.3 is 0 Å². The second-order valence-electron chi connectivity index (χ2n) is 5.87. The zero-order valence-corrected chi connectivity index (χ0v) is 13.0. The van der Waals surface area contributed by atoms with Crippen LogP contribution in [0.4, 0.5) is 10.1 Å². The summed E-state index contributed by atoms with van der Waals surface area (Å²) in [6.45, 7) is 3.92. The molecule has 1 aromatic rings. The number of benzene rings is 1. The number of piperidine rings is 1. The zero-order chi connectivity index (χ0) is 14.7. The van der Waals surface area contributed by atoms with E-state index in [0.717, 1.165) is 37.2 Å². The lowest BCUT2D eigenvalue weighted by Crippen LogP contribution is -2.42. The molecule has 1 N–H and O–H groups in total. The molecule has 3 nitrogen and oxygen atoms in total. The Morgan fingerprint density at radius 3 is 2.50 bits per heavy atom. The second-order valence-corrected chi connectivity index (χ2v) is 5.87. The van der Waals surface area contributed by atoms with Crippen molar-refractivity contribution in [3.8, 4) is 0 Å². The van der Waals surface area contributed by atoms with E-state index in [0.29, 0.717) is 6.04 Å². The largest absolute Gasteiger partial charge is 0.369 e. The Hall–Kier alpha value is -1.13. The van der Waals surface area contributed by atoms with Crippen molar-refractivity contribution in [1.29, 1.82) is 0 Å². The van der Waals surface area contributed by atoms with Crippen molar-refractivity contribution >= 4 is 5.69 Å². The van der Waals surface area contributed by atoms with E-state index in [1.807, 2.05) is 13.1 Å². The number of nitrogens with zero attached hydrogens (tertiary/aromatic N) is 2. The fourth-order valence-electron chi connectivity index (χ4n) is 2.98. The van der Waals surface area contributed by atoms with Crippen LogP contribution in [-0.2, 0) is 0 Å². The van der Waals surface area contributed by atoms with Crippen molar-refractivity contribution in [2.45, 2.75) is 31.8 Å². The van der Waals surface area contributed by atoms with Crippen molar-refractivity contribution in [2.24, 2.45) is 0 Å². The Morgan fingerprint density at radius 2 is 1.95 bits per heavy atom. The Bertz CT molecular complexity index is 439.